The number of benzene rings is 2. The number of nitrogens with one attached hydrogen (secondary N) is 1. The van der Waals surface area contributed by atoms with Crippen LogP contribution in [-0.4, -0.2) is 21.9 Å². The van der Waals surface area contributed by atoms with Gasteiger partial charge in [-0.15, -0.1) is 5.10 Å². The van der Waals surface area contributed by atoms with Gasteiger partial charge in [0, 0.05) is 0 Å². The van der Waals surface area contributed by atoms with Gasteiger partial charge in [-0.1, -0.05) is 30.3 Å². The molecule has 1 aliphatic rings. The molecule has 0 unspecified atom stereocenters. The highest BCUT2D eigenvalue weighted by Gasteiger charge is 2.36. The van der Waals surface area contributed by atoms with E-state index in [1.807, 2.05) is 37.3 Å². The fraction of sp³-hybridized carbons (Fsp3) is 0.143. The second-order valence-corrected chi connectivity index (χ2v) is 7.25. The smallest absolute Gasteiger partial charge is 0.244 e. The van der Waals surface area contributed by atoms with Crippen molar-refractivity contribution < 1.29 is 14.6 Å². The monoisotopic (exact) mass is 452 g/mol. The summed E-state index contributed by atoms with van der Waals surface area (Å²) in [5, 5.41) is 27.4. The number of ether oxygens (including phenoxy) is 2. The topological polar surface area (TPSA) is 117 Å². The maximum Gasteiger partial charge on any atom is 0.244 e. The highest BCUT2D eigenvalue weighted by Crippen LogP contribution is 2.48. The number of aromatic hydroxyl groups is 1. The van der Waals surface area contributed by atoms with Crippen molar-refractivity contribution in [3.8, 4) is 34.7 Å². The molecule has 1 aromatic heterocycles. The molecule has 2 heterocycles. The second-order valence-electron chi connectivity index (χ2n) is 6.39. The molecule has 8 heteroatoms. The Labute approximate surface area is 175 Å². The summed E-state index contributed by atoms with van der Waals surface area (Å²) in [5.74, 6) is 0.0685. The van der Waals surface area contributed by atoms with Crippen molar-refractivity contribution in [1.29, 1.82) is 5.26 Å². The molecule has 1 aliphatic heterocycles. The highest BCUT2D eigenvalue weighted by molar-refractivity contribution is 9.10. The Kier molecular flexibility index (Phi) is 4.91. The molecule has 3 aromatic rings. The van der Waals surface area contributed by atoms with Gasteiger partial charge in [-0.25, -0.2) is 0 Å². The van der Waals surface area contributed by atoms with E-state index in [0.29, 0.717) is 33.8 Å². The van der Waals surface area contributed by atoms with Gasteiger partial charge in [0.25, 0.3) is 0 Å². The first-order valence-electron chi connectivity index (χ1n) is 8.91. The van der Waals surface area contributed by atoms with E-state index < -0.39 is 5.92 Å². The van der Waals surface area contributed by atoms with Crippen LogP contribution in [0.15, 0.2) is 58.4 Å². The maximum atomic E-state index is 10.3. The molecule has 0 radical (unpaired) electrons. The van der Waals surface area contributed by atoms with Crippen LogP contribution in [0.3, 0.4) is 0 Å². The first kappa shape index (κ1) is 18.9. The molecule has 0 saturated carbocycles. The van der Waals surface area contributed by atoms with Gasteiger partial charge in [0.2, 0.25) is 11.8 Å². The molecule has 29 heavy (non-hydrogen) atoms. The highest BCUT2D eigenvalue weighted by atomic mass is 79.9. The van der Waals surface area contributed by atoms with E-state index in [0.717, 1.165) is 11.3 Å². The summed E-state index contributed by atoms with van der Waals surface area (Å²) >= 11 is 3.37. The Bertz CT molecular complexity index is 1150. The van der Waals surface area contributed by atoms with Crippen LogP contribution < -0.4 is 15.2 Å². The van der Waals surface area contributed by atoms with Gasteiger partial charge in [-0.2, -0.15) is 5.26 Å². The summed E-state index contributed by atoms with van der Waals surface area (Å²) < 4.78 is 11.6. The lowest BCUT2D eigenvalue weighted by molar-refractivity contribution is 0.316. The van der Waals surface area contributed by atoms with E-state index in [1.165, 1.54) is 0 Å². The van der Waals surface area contributed by atoms with Crippen LogP contribution in [0, 0.1) is 11.3 Å². The zero-order chi connectivity index (χ0) is 20.5. The Hall–Kier alpha value is -3.44. The van der Waals surface area contributed by atoms with Crippen molar-refractivity contribution in [2.75, 3.05) is 6.61 Å². The summed E-state index contributed by atoms with van der Waals surface area (Å²) in [4.78, 5) is 0. The fourth-order valence-electron chi connectivity index (χ4n) is 3.43. The van der Waals surface area contributed by atoms with E-state index in [4.69, 9.17) is 15.2 Å². The number of aromatic nitrogens is 2. The van der Waals surface area contributed by atoms with Crippen LogP contribution in [0.2, 0.25) is 0 Å². The zero-order valence-corrected chi connectivity index (χ0v) is 17.0. The first-order valence-corrected chi connectivity index (χ1v) is 9.70. The Morgan fingerprint density at radius 2 is 2.10 bits per heavy atom. The summed E-state index contributed by atoms with van der Waals surface area (Å²) in [5.41, 5.74) is 9.33. The fourth-order valence-corrected chi connectivity index (χ4v) is 3.89. The van der Waals surface area contributed by atoms with Crippen molar-refractivity contribution in [2.45, 2.75) is 12.8 Å². The van der Waals surface area contributed by atoms with Gasteiger partial charge in [0.05, 0.1) is 28.3 Å². The largest absolute Gasteiger partial charge is 0.503 e. The molecule has 7 nitrogen and oxygen atoms in total. The Balaban J connectivity index is 1.96. The van der Waals surface area contributed by atoms with Crippen molar-refractivity contribution in [3.05, 3.63) is 69.5 Å². The lowest BCUT2D eigenvalue weighted by atomic mass is 9.83. The van der Waals surface area contributed by atoms with E-state index in [1.54, 1.807) is 12.1 Å². The third-order valence-corrected chi connectivity index (χ3v) is 5.29. The molecule has 146 valence electrons. The number of rotatable bonds is 4. The molecule has 0 spiro atoms. The van der Waals surface area contributed by atoms with Gasteiger partial charge in [-0.05, 0) is 46.1 Å². The summed E-state index contributed by atoms with van der Waals surface area (Å²) in [6.07, 6.45) is 0. The lowest BCUT2D eigenvalue weighted by Crippen LogP contribution is -2.21. The number of phenols is 1. The van der Waals surface area contributed by atoms with Crippen LogP contribution in [0.1, 0.15) is 24.0 Å². The Morgan fingerprint density at radius 1 is 1.34 bits per heavy atom. The third kappa shape index (κ3) is 3.19. The minimum atomic E-state index is -0.547. The number of fused-ring (bicyclic) bond motifs is 1. The van der Waals surface area contributed by atoms with E-state index >= 15 is 0 Å². The minimum Gasteiger partial charge on any atom is -0.503 e. The normalized spacial score (nSPS) is 15.4. The molecule has 4 N–H and O–H groups in total. The zero-order valence-electron chi connectivity index (χ0n) is 15.4. The molecule has 0 bridgehead atoms. The van der Waals surface area contributed by atoms with Crippen LogP contribution in [0.5, 0.6) is 17.4 Å². The molecule has 0 aliphatic carbocycles. The quantitative estimate of drug-likeness (QED) is 0.546. The lowest BCUT2D eigenvalue weighted by Gasteiger charge is -2.25. The van der Waals surface area contributed by atoms with Crippen LogP contribution in [-0.2, 0) is 0 Å². The molecule has 0 fully saturated rings. The molecule has 1 atom stereocenters. The summed E-state index contributed by atoms with van der Waals surface area (Å²) in [6, 6.07) is 15.2. The average Bonchev–Trinajstić information content (AvgIpc) is 3.14. The number of H-pyrrole nitrogens is 1. The number of hydrogen-bond acceptors (Lipinski definition) is 6. The number of hydrogen-bond donors (Lipinski definition) is 3. The molecule has 0 amide bonds. The average molecular weight is 453 g/mol. The number of phenolic OH excluding ortho intramolecular Hbond substituents is 1. The summed E-state index contributed by atoms with van der Waals surface area (Å²) in [7, 11) is 0. The first-order chi connectivity index (χ1) is 14.0. The van der Waals surface area contributed by atoms with Crippen molar-refractivity contribution in [3.63, 3.8) is 0 Å². The van der Waals surface area contributed by atoms with Gasteiger partial charge < -0.3 is 20.3 Å². The number of nitrogens with two attached hydrogens (primary N) is 1. The summed E-state index contributed by atoms with van der Waals surface area (Å²) in [6.45, 7) is 2.21. The minimum absolute atomic E-state index is 0.00160. The predicted octanol–water partition coefficient (Wildman–Crippen LogP) is 4.16. The number of nitrogens with zero attached hydrogens (tertiary/aromatic N) is 2. The van der Waals surface area contributed by atoms with Gasteiger partial charge in [0.15, 0.2) is 11.5 Å². The Morgan fingerprint density at radius 3 is 2.79 bits per heavy atom. The van der Waals surface area contributed by atoms with Crippen molar-refractivity contribution >= 4 is 15.9 Å². The molecule has 4 rings (SSSR count). The molecular weight excluding hydrogens is 436 g/mol. The van der Waals surface area contributed by atoms with Gasteiger partial charge in [0.1, 0.15) is 11.6 Å². The van der Waals surface area contributed by atoms with Crippen LogP contribution in [0.4, 0.5) is 0 Å². The number of halogens is 1. The van der Waals surface area contributed by atoms with Crippen LogP contribution >= 0.6 is 15.9 Å². The van der Waals surface area contributed by atoms with Gasteiger partial charge in [-0.3, -0.25) is 5.10 Å². The predicted molar refractivity (Wildman–Crippen MR) is 110 cm³/mol. The maximum absolute atomic E-state index is 10.3. The molecule has 2 aromatic carbocycles. The van der Waals surface area contributed by atoms with E-state index in [9.17, 15) is 10.4 Å². The van der Waals surface area contributed by atoms with Crippen LogP contribution in [0.25, 0.3) is 11.3 Å². The van der Waals surface area contributed by atoms with Crippen molar-refractivity contribution in [1.82, 2.24) is 10.2 Å². The van der Waals surface area contributed by atoms with Gasteiger partial charge >= 0.3 is 0 Å². The molecular formula is C21H17BrN4O3. The van der Waals surface area contributed by atoms with Crippen molar-refractivity contribution in [2.24, 2.45) is 5.73 Å². The van der Waals surface area contributed by atoms with E-state index in [2.05, 4.69) is 32.2 Å². The third-order valence-electron chi connectivity index (χ3n) is 4.69. The molecule has 0 saturated heterocycles. The number of nitriles is 1. The van der Waals surface area contributed by atoms with E-state index in [-0.39, 0.29) is 17.2 Å². The number of allylic oxidation sites excluding steroid dienone is 1. The number of aromatic amines is 1. The standard InChI is InChI=1S/C21H17BrN4O3/c1-2-28-15-9-12(8-14(22)19(15)27)16-13(10-23)20(24)29-21-17(16)18(25-26-21)11-6-4-3-5-7-11/h3-9,16,27H,2,24H2,1H3,(H,25,26)/t16-/m1/s1. The SMILES string of the molecule is CCOc1cc([C@@H]2C(C#N)=C(N)Oc3n[nH]c(-c4ccccc4)c32)cc(Br)c1O. The second kappa shape index (κ2) is 7.53.